The first kappa shape index (κ1) is 19.9. The SMILES string of the molecule is OCC[S+](CCO)CCSCC[S+](CCO)CCO. The molecule has 0 bridgehead atoms. The van der Waals surface area contributed by atoms with E-state index in [2.05, 4.69) is 0 Å². The first-order valence-electron chi connectivity index (χ1n) is 6.57. The van der Waals surface area contributed by atoms with Crippen molar-refractivity contribution in [1.82, 2.24) is 0 Å². The van der Waals surface area contributed by atoms with Gasteiger partial charge in [0.15, 0.2) is 0 Å². The van der Waals surface area contributed by atoms with E-state index in [1.54, 1.807) is 0 Å². The normalized spacial score (nSPS) is 11.7. The van der Waals surface area contributed by atoms with Crippen molar-refractivity contribution in [2.75, 3.05) is 72.5 Å². The summed E-state index contributed by atoms with van der Waals surface area (Å²) in [6.07, 6.45) is 0. The van der Waals surface area contributed by atoms with Gasteiger partial charge < -0.3 is 20.4 Å². The molecule has 0 unspecified atom stereocenters. The van der Waals surface area contributed by atoms with E-state index in [9.17, 15) is 0 Å². The van der Waals surface area contributed by atoms with Crippen LogP contribution in [-0.4, -0.2) is 92.9 Å². The van der Waals surface area contributed by atoms with Crippen molar-refractivity contribution in [2.45, 2.75) is 0 Å². The summed E-state index contributed by atoms with van der Waals surface area (Å²) in [4.78, 5) is 0. The van der Waals surface area contributed by atoms with Gasteiger partial charge in [0.25, 0.3) is 0 Å². The number of aliphatic hydroxyl groups is 4. The van der Waals surface area contributed by atoms with Gasteiger partial charge >= 0.3 is 0 Å². The van der Waals surface area contributed by atoms with Gasteiger partial charge in [0.1, 0.15) is 34.5 Å². The van der Waals surface area contributed by atoms with Crippen LogP contribution in [0.4, 0.5) is 0 Å². The Morgan fingerprint density at radius 2 is 0.842 bits per heavy atom. The molecule has 0 spiro atoms. The highest BCUT2D eigenvalue weighted by atomic mass is 32.2. The highest BCUT2D eigenvalue weighted by Crippen LogP contribution is 2.08. The van der Waals surface area contributed by atoms with Crippen molar-refractivity contribution in [1.29, 1.82) is 0 Å². The fraction of sp³-hybridized carbons (Fsp3) is 1.00. The second-order valence-corrected chi connectivity index (χ2v) is 10.1. The summed E-state index contributed by atoms with van der Waals surface area (Å²) in [6, 6.07) is 0. The Hall–Kier alpha value is 0.890. The minimum atomic E-state index is 0.156. The minimum absolute atomic E-state index is 0.156. The van der Waals surface area contributed by atoms with Gasteiger partial charge in [0, 0.05) is 11.5 Å². The molecule has 0 saturated heterocycles. The van der Waals surface area contributed by atoms with Crippen LogP contribution in [0.3, 0.4) is 0 Å². The molecule has 7 heteroatoms. The fourth-order valence-corrected chi connectivity index (χ4v) is 6.87. The van der Waals surface area contributed by atoms with Gasteiger partial charge in [-0.2, -0.15) is 11.8 Å². The maximum absolute atomic E-state index is 8.93. The van der Waals surface area contributed by atoms with Gasteiger partial charge in [-0.1, -0.05) is 0 Å². The molecule has 0 heterocycles. The summed E-state index contributed by atoms with van der Waals surface area (Å²) in [5.41, 5.74) is 0. The first-order chi connectivity index (χ1) is 9.28. The van der Waals surface area contributed by atoms with Crippen LogP contribution in [0.2, 0.25) is 0 Å². The maximum Gasteiger partial charge on any atom is 0.131 e. The summed E-state index contributed by atoms with van der Waals surface area (Å²) in [6.45, 7) is 0.850. The molecule has 0 radical (unpaired) electrons. The van der Waals surface area contributed by atoms with Crippen molar-refractivity contribution in [3.63, 3.8) is 0 Å². The molecule has 0 fully saturated rings. The van der Waals surface area contributed by atoms with Crippen LogP contribution in [-0.2, 0) is 21.8 Å². The van der Waals surface area contributed by atoms with Gasteiger partial charge in [-0.3, -0.25) is 0 Å². The van der Waals surface area contributed by atoms with Crippen LogP contribution >= 0.6 is 11.8 Å². The van der Waals surface area contributed by atoms with Crippen LogP contribution < -0.4 is 0 Å². The third-order valence-electron chi connectivity index (χ3n) is 2.55. The first-order valence-corrected chi connectivity index (χ1v) is 11.2. The molecule has 116 valence electrons. The van der Waals surface area contributed by atoms with Crippen LogP contribution in [0, 0.1) is 0 Å². The Bertz CT molecular complexity index is 156. The molecule has 0 aromatic rings. The Morgan fingerprint density at radius 3 is 1.11 bits per heavy atom. The van der Waals surface area contributed by atoms with E-state index in [1.165, 1.54) is 0 Å². The van der Waals surface area contributed by atoms with E-state index in [4.69, 9.17) is 20.4 Å². The summed E-state index contributed by atoms with van der Waals surface area (Å²) < 4.78 is 0. The topological polar surface area (TPSA) is 80.9 Å². The molecular weight excluding hydrogens is 304 g/mol. The monoisotopic (exact) mass is 332 g/mol. The van der Waals surface area contributed by atoms with Gasteiger partial charge in [-0.25, -0.2) is 0 Å². The number of rotatable bonds is 14. The highest BCUT2D eigenvalue weighted by molar-refractivity contribution is 8.03. The Morgan fingerprint density at radius 1 is 0.526 bits per heavy atom. The molecule has 0 aliphatic carbocycles. The number of aliphatic hydroxyl groups excluding tert-OH is 4. The lowest BCUT2D eigenvalue weighted by Crippen LogP contribution is -2.23. The zero-order valence-corrected chi connectivity index (χ0v) is 13.9. The Balaban J connectivity index is 3.59. The quantitative estimate of drug-likeness (QED) is 0.240. The van der Waals surface area contributed by atoms with Gasteiger partial charge in [0.05, 0.1) is 26.4 Å². The largest absolute Gasteiger partial charge is 0.391 e. The summed E-state index contributed by atoms with van der Waals surface area (Å²) in [5, 5.41) is 35.7. The lowest BCUT2D eigenvalue weighted by molar-refractivity contribution is 0.316. The molecule has 0 amide bonds. The lowest BCUT2D eigenvalue weighted by Gasteiger charge is -2.07. The predicted octanol–water partition coefficient (Wildman–Crippen LogP) is -1.07. The fourth-order valence-electron chi connectivity index (χ4n) is 1.58. The molecule has 4 nitrogen and oxygen atoms in total. The molecule has 0 aliphatic heterocycles. The van der Waals surface area contributed by atoms with Crippen LogP contribution in [0.5, 0.6) is 0 Å². The van der Waals surface area contributed by atoms with Gasteiger partial charge in [-0.15, -0.1) is 0 Å². The van der Waals surface area contributed by atoms with E-state index < -0.39 is 0 Å². The zero-order valence-electron chi connectivity index (χ0n) is 11.5. The third-order valence-corrected chi connectivity index (χ3v) is 8.66. The molecule has 4 N–H and O–H groups in total. The molecule has 0 aliphatic rings. The minimum Gasteiger partial charge on any atom is -0.391 e. The van der Waals surface area contributed by atoms with Crippen molar-refractivity contribution in [3.8, 4) is 0 Å². The number of thioether (sulfide) groups is 1. The average molecular weight is 333 g/mol. The van der Waals surface area contributed by atoms with Crippen LogP contribution in [0.25, 0.3) is 0 Å². The predicted molar refractivity (Wildman–Crippen MR) is 89.6 cm³/mol. The Labute approximate surface area is 126 Å². The maximum atomic E-state index is 8.93. The van der Waals surface area contributed by atoms with E-state index in [0.29, 0.717) is 0 Å². The smallest absolute Gasteiger partial charge is 0.131 e. The molecule has 0 saturated carbocycles. The van der Waals surface area contributed by atoms with Crippen molar-refractivity contribution in [3.05, 3.63) is 0 Å². The average Bonchev–Trinajstić information content (AvgIpc) is 2.39. The van der Waals surface area contributed by atoms with Crippen molar-refractivity contribution < 1.29 is 20.4 Å². The van der Waals surface area contributed by atoms with Gasteiger partial charge in [-0.05, 0) is 21.8 Å². The van der Waals surface area contributed by atoms with Gasteiger partial charge in [0.2, 0.25) is 0 Å². The molecule has 19 heavy (non-hydrogen) atoms. The second kappa shape index (κ2) is 15.3. The Kier molecular flexibility index (Phi) is 16.0. The number of hydrogen-bond donors (Lipinski definition) is 4. The summed E-state index contributed by atoms with van der Waals surface area (Å²) >= 11 is 1.90. The molecule has 0 aromatic heterocycles. The third kappa shape index (κ3) is 12.3. The molecular formula is C12H28O4S3+2. The zero-order chi connectivity index (χ0) is 14.3. The van der Waals surface area contributed by atoms with Crippen LogP contribution in [0.1, 0.15) is 0 Å². The van der Waals surface area contributed by atoms with Crippen LogP contribution in [0.15, 0.2) is 0 Å². The molecule has 0 atom stereocenters. The highest BCUT2D eigenvalue weighted by Gasteiger charge is 2.18. The van der Waals surface area contributed by atoms with E-state index in [1.807, 2.05) is 11.8 Å². The molecule has 0 rings (SSSR count). The van der Waals surface area contributed by atoms with E-state index in [0.717, 1.165) is 46.0 Å². The second-order valence-electron chi connectivity index (χ2n) is 3.96. The molecule has 0 aromatic carbocycles. The van der Waals surface area contributed by atoms with Crippen molar-refractivity contribution >= 4 is 33.6 Å². The summed E-state index contributed by atoms with van der Waals surface area (Å²) in [7, 11) is 0.312. The lowest BCUT2D eigenvalue weighted by atomic mass is 10.9. The number of hydrogen-bond acceptors (Lipinski definition) is 5. The standard InChI is InChI=1S/C12H28O4S3/c13-1-7-18(8-2-14)11-5-17-6-12-19(9-3-15)10-4-16/h13-16H,1-12H2/q+2. The summed E-state index contributed by atoms with van der Waals surface area (Å²) in [5.74, 6) is 7.50. The van der Waals surface area contributed by atoms with Crippen molar-refractivity contribution in [2.24, 2.45) is 0 Å². The van der Waals surface area contributed by atoms with E-state index in [-0.39, 0.29) is 48.2 Å². The van der Waals surface area contributed by atoms with E-state index >= 15 is 0 Å².